The molecule has 10 heteroatoms. The van der Waals surface area contributed by atoms with Crippen molar-refractivity contribution < 1.29 is 24.0 Å². The lowest BCUT2D eigenvalue weighted by atomic mass is 10.3. The van der Waals surface area contributed by atoms with Crippen LogP contribution in [-0.4, -0.2) is 21.8 Å². The third-order valence-electron chi connectivity index (χ3n) is 1.70. The predicted octanol–water partition coefficient (Wildman–Crippen LogP) is 1.25. The van der Waals surface area contributed by atoms with E-state index in [1.807, 2.05) is 0 Å². The van der Waals surface area contributed by atoms with Gasteiger partial charge < -0.3 is 14.5 Å². The molecule has 0 spiro atoms. The fourth-order valence-electron chi connectivity index (χ4n) is 0.998. The van der Waals surface area contributed by atoms with Crippen molar-refractivity contribution in [3.63, 3.8) is 0 Å². The number of nitro groups is 1. The molecule has 0 amide bonds. The van der Waals surface area contributed by atoms with Crippen molar-refractivity contribution in [3.8, 4) is 5.75 Å². The zero-order valence-electron chi connectivity index (χ0n) is 8.47. The molecule has 17 heavy (non-hydrogen) atoms. The van der Waals surface area contributed by atoms with E-state index in [1.54, 1.807) is 0 Å². The second-order valence-corrected chi connectivity index (χ2v) is 4.26. The van der Waals surface area contributed by atoms with E-state index >= 15 is 0 Å². The molecule has 0 aliphatic rings. The first-order valence-corrected chi connectivity index (χ1v) is 5.36. The number of halogens is 2. The van der Waals surface area contributed by atoms with Crippen LogP contribution in [0.2, 0.25) is 0 Å². The van der Waals surface area contributed by atoms with Crippen LogP contribution in [0.3, 0.4) is 0 Å². The van der Waals surface area contributed by atoms with Crippen molar-refractivity contribution in [3.05, 3.63) is 28.3 Å². The lowest BCUT2D eigenvalue weighted by molar-refractivity contribution is -0.385. The maximum Gasteiger partial charge on any atom is 0.356 e. The van der Waals surface area contributed by atoms with Crippen molar-refractivity contribution in [2.75, 3.05) is 7.11 Å². The molecule has 0 aliphatic carbocycles. The number of ether oxygens (including phenoxy) is 1. The number of benzene rings is 1. The fourth-order valence-corrected chi connectivity index (χ4v) is 1.55. The molecule has 0 aromatic heterocycles. The smallest absolute Gasteiger partial charge is 0.356 e. The predicted molar refractivity (Wildman–Crippen MR) is 65.8 cm³/mol. The summed E-state index contributed by atoms with van der Waals surface area (Å²) in [4.78, 5) is 27.4. The van der Waals surface area contributed by atoms with E-state index in [2.05, 4.69) is 4.74 Å². The van der Waals surface area contributed by atoms with E-state index in [-0.39, 0.29) is 41.6 Å². The Labute approximate surface area is 109 Å². The number of nitro benzene ring substituents is 1. The zero-order chi connectivity index (χ0) is 11.6. The standard InChI is InChI=1S/C7H8NO6P.2ClH/c1-14-7-4-5(15(11,12)13)2-3-6(7)8(9)10;;/h2-4H,1H3,(H2,11,12,13);2*1H. The summed E-state index contributed by atoms with van der Waals surface area (Å²) in [6, 6.07) is 2.95. The van der Waals surface area contributed by atoms with Gasteiger partial charge >= 0.3 is 13.3 Å². The number of hydrogen-bond donors (Lipinski definition) is 2. The molecule has 0 saturated carbocycles. The maximum absolute atomic E-state index is 10.9. The summed E-state index contributed by atoms with van der Waals surface area (Å²) in [5.41, 5.74) is -0.338. The summed E-state index contributed by atoms with van der Waals surface area (Å²) in [6.07, 6.45) is 0. The Morgan fingerprint density at radius 2 is 1.88 bits per heavy atom. The van der Waals surface area contributed by atoms with Gasteiger partial charge in [0, 0.05) is 12.1 Å². The molecule has 0 fully saturated rings. The molecule has 1 rings (SSSR count). The highest BCUT2D eigenvalue weighted by Gasteiger charge is 2.22. The zero-order valence-corrected chi connectivity index (χ0v) is 11.0. The summed E-state index contributed by atoms with van der Waals surface area (Å²) >= 11 is 0. The first-order valence-electron chi connectivity index (χ1n) is 3.75. The first kappa shape index (κ1) is 18.5. The van der Waals surface area contributed by atoms with Gasteiger partial charge in [0.25, 0.3) is 0 Å². The number of rotatable bonds is 3. The Hall–Kier alpha value is -0.850. The minimum atomic E-state index is -4.41. The number of hydrogen-bond acceptors (Lipinski definition) is 4. The molecule has 0 saturated heterocycles. The van der Waals surface area contributed by atoms with Gasteiger partial charge in [-0.05, 0) is 6.07 Å². The minimum Gasteiger partial charge on any atom is -0.490 e. The molecule has 1 aromatic rings. The number of methoxy groups -OCH3 is 1. The Morgan fingerprint density at radius 1 is 1.35 bits per heavy atom. The van der Waals surface area contributed by atoms with Crippen molar-refractivity contribution in [1.82, 2.24) is 0 Å². The largest absolute Gasteiger partial charge is 0.490 e. The minimum absolute atomic E-state index is 0. The van der Waals surface area contributed by atoms with Gasteiger partial charge in [0.05, 0.1) is 17.3 Å². The second-order valence-electron chi connectivity index (χ2n) is 2.66. The van der Waals surface area contributed by atoms with E-state index in [0.717, 1.165) is 18.2 Å². The van der Waals surface area contributed by atoms with Crippen LogP contribution in [0.5, 0.6) is 5.75 Å². The van der Waals surface area contributed by atoms with E-state index < -0.39 is 12.5 Å². The van der Waals surface area contributed by atoms with Gasteiger partial charge in [0.15, 0.2) is 5.75 Å². The third kappa shape index (κ3) is 4.49. The first-order chi connectivity index (χ1) is 6.86. The van der Waals surface area contributed by atoms with Gasteiger partial charge in [-0.1, -0.05) is 0 Å². The van der Waals surface area contributed by atoms with Crippen LogP contribution in [0.25, 0.3) is 0 Å². The highest BCUT2D eigenvalue weighted by molar-refractivity contribution is 7.60. The number of nitrogens with zero attached hydrogens (tertiary/aromatic N) is 1. The molecule has 0 heterocycles. The quantitative estimate of drug-likeness (QED) is 0.494. The van der Waals surface area contributed by atoms with Crippen LogP contribution in [0.1, 0.15) is 0 Å². The van der Waals surface area contributed by atoms with Crippen molar-refractivity contribution in [1.29, 1.82) is 0 Å². The highest BCUT2D eigenvalue weighted by atomic mass is 35.5. The van der Waals surface area contributed by atoms with Gasteiger partial charge in [-0.25, -0.2) is 0 Å². The van der Waals surface area contributed by atoms with Gasteiger partial charge in [0.1, 0.15) is 0 Å². The molecule has 0 bridgehead atoms. The molecule has 1 aromatic carbocycles. The average molecular weight is 306 g/mol. The van der Waals surface area contributed by atoms with Crippen molar-refractivity contribution in [2.45, 2.75) is 0 Å². The van der Waals surface area contributed by atoms with Crippen LogP contribution in [0, 0.1) is 10.1 Å². The van der Waals surface area contributed by atoms with Gasteiger partial charge in [0.2, 0.25) is 0 Å². The molecule has 0 radical (unpaired) electrons. The normalized spacial score (nSPS) is 9.82. The third-order valence-corrected chi connectivity index (χ3v) is 2.65. The van der Waals surface area contributed by atoms with Crippen LogP contribution in [-0.2, 0) is 4.57 Å². The lowest BCUT2D eigenvalue weighted by Gasteiger charge is -2.06. The SMILES string of the molecule is COc1cc(P(=O)(O)O)ccc1[N+](=O)[O-].Cl.Cl. The molecule has 0 unspecified atom stereocenters. The Balaban J connectivity index is 0. The summed E-state index contributed by atoms with van der Waals surface area (Å²) in [6.45, 7) is 0. The van der Waals surface area contributed by atoms with Gasteiger partial charge in [-0.15, -0.1) is 24.8 Å². The molecule has 98 valence electrons. The van der Waals surface area contributed by atoms with E-state index in [1.165, 1.54) is 7.11 Å². The summed E-state index contributed by atoms with van der Waals surface area (Å²) in [5, 5.41) is 10.2. The molecule has 2 N–H and O–H groups in total. The lowest BCUT2D eigenvalue weighted by Crippen LogP contribution is -2.05. The van der Waals surface area contributed by atoms with E-state index in [9.17, 15) is 14.7 Å². The van der Waals surface area contributed by atoms with E-state index in [4.69, 9.17) is 9.79 Å². The average Bonchev–Trinajstić information content (AvgIpc) is 2.15. The van der Waals surface area contributed by atoms with Crippen molar-refractivity contribution in [2.24, 2.45) is 0 Å². The molecule has 0 aliphatic heterocycles. The molecular weight excluding hydrogens is 296 g/mol. The fraction of sp³-hybridized carbons (Fsp3) is 0.143. The highest BCUT2D eigenvalue weighted by Crippen LogP contribution is 2.36. The van der Waals surface area contributed by atoms with Crippen LogP contribution < -0.4 is 10.0 Å². The van der Waals surface area contributed by atoms with Crippen LogP contribution in [0.4, 0.5) is 5.69 Å². The van der Waals surface area contributed by atoms with Gasteiger partial charge in [-0.3, -0.25) is 14.7 Å². The molecule has 7 nitrogen and oxygen atoms in total. The topological polar surface area (TPSA) is 110 Å². The maximum atomic E-state index is 10.9. The summed E-state index contributed by atoms with van der Waals surface area (Å²) in [5.74, 6) is -0.180. The van der Waals surface area contributed by atoms with Crippen LogP contribution >= 0.6 is 32.4 Å². The Morgan fingerprint density at radius 3 is 2.24 bits per heavy atom. The van der Waals surface area contributed by atoms with E-state index in [0.29, 0.717) is 0 Å². The second kappa shape index (κ2) is 6.78. The Bertz CT molecular complexity index is 448. The monoisotopic (exact) mass is 305 g/mol. The van der Waals surface area contributed by atoms with Gasteiger partial charge in [-0.2, -0.15) is 0 Å². The Kier molecular flexibility index (Phi) is 7.38. The summed E-state index contributed by atoms with van der Waals surface area (Å²) < 4.78 is 15.5. The summed E-state index contributed by atoms with van der Waals surface area (Å²) in [7, 11) is -3.22. The molecular formula is C7H10Cl2NO6P. The molecule has 0 atom stereocenters. The van der Waals surface area contributed by atoms with Crippen LogP contribution in [0.15, 0.2) is 18.2 Å². The van der Waals surface area contributed by atoms with Crippen molar-refractivity contribution >= 4 is 43.4 Å².